The van der Waals surface area contributed by atoms with Gasteiger partial charge in [0, 0.05) is 13.0 Å². The first-order chi connectivity index (χ1) is 19.2. The second-order valence-electron chi connectivity index (χ2n) is 12.2. The predicted octanol–water partition coefficient (Wildman–Crippen LogP) is 11.4. The Hall–Kier alpha value is -0.830. The van der Waals surface area contributed by atoms with Gasteiger partial charge in [-0.3, -0.25) is 4.79 Å². The Morgan fingerprint density at radius 1 is 0.538 bits per heavy atom. The second-order valence-corrected chi connectivity index (χ2v) is 12.2. The van der Waals surface area contributed by atoms with Crippen molar-refractivity contribution in [3.63, 3.8) is 0 Å². The number of nitrogens with one attached hydrogen (secondary N) is 1. The summed E-state index contributed by atoms with van der Waals surface area (Å²) in [5, 5.41) is 13.2. The van der Waals surface area contributed by atoms with Crippen molar-refractivity contribution in [2.45, 2.75) is 206 Å². The lowest BCUT2D eigenvalue weighted by Crippen LogP contribution is -2.23. The standard InChI is InChI=1S/C36H71NO2/c1-3-5-7-9-10-11-12-13-14-15-16-19-22-25-29-33-36(39)37-34-30-26-23-20-17-18-21-24-28-32-35(38)31-27-8-6-4-2/h13-14,35,38H,3-12,15-34H2,1-2H3,(H,37,39). The number of unbranched alkanes of at least 4 members (excludes halogenated alkanes) is 22. The van der Waals surface area contributed by atoms with Crippen LogP contribution < -0.4 is 5.32 Å². The Morgan fingerprint density at radius 2 is 0.923 bits per heavy atom. The van der Waals surface area contributed by atoms with Gasteiger partial charge >= 0.3 is 0 Å². The fourth-order valence-corrected chi connectivity index (χ4v) is 5.37. The van der Waals surface area contributed by atoms with Crippen molar-refractivity contribution < 1.29 is 9.90 Å². The van der Waals surface area contributed by atoms with Gasteiger partial charge in [-0.1, -0.05) is 154 Å². The fraction of sp³-hybridized carbons (Fsp3) is 0.917. The highest BCUT2D eigenvalue weighted by Gasteiger charge is 2.04. The number of rotatable bonds is 32. The number of amides is 1. The monoisotopic (exact) mass is 550 g/mol. The summed E-state index contributed by atoms with van der Waals surface area (Å²) in [7, 11) is 0. The molecule has 0 heterocycles. The van der Waals surface area contributed by atoms with E-state index >= 15 is 0 Å². The number of hydrogen-bond acceptors (Lipinski definition) is 2. The van der Waals surface area contributed by atoms with E-state index in [1.54, 1.807) is 0 Å². The molecule has 0 aromatic rings. The molecule has 0 aliphatic carbocycles. The first kappa shape index (κ1) is 38.2. The molecule has 0 aliphatic rings. The van der Waals surface area contributed by atoms with Crippen molar-refractivity contribution in [2.75, 3.05) is 6.54 Å². The van der Waals surface area contributed by atoms with Crippen LogP contribution in [-0.2, 0) is 4.79 Å². The molecular formula is C36H71NO2. The first-order valence-corrected chi connectivity index (χ1v) is 17.8. The molecule has 232 valence electrons. The molecule has 3 heteroatoms. The summed E-state index contributed by atoms with van der Waals surface area (Å²) in [6.07, 6.45) is 40.7. The van der Waals surface area contributed by atoms with Crippen LogP contribution in [0.4, 0.5) is 0 Å². The number of aliphatic hydroxyl groups is 1. The van der Waals surface area contributed by atoms with E-state index in [2.05, 4.69) is 31.3 Å². The van der Waals surface area contributed by atoms with Crippen LogP contribution in [0.15, 0.2) is 12.2 Å². The molecule has 3 nitrogen and oxygen atoms in total. The van der Waals surface area contributed by atoms with Crippen LogP contribution in [0.1, 0.15) is 200 Å². The number of aliphatic hydroxyl groups excluding tert-OH is 1. The quantitative estimate of drug-likeness (QED) is 0.0647. The molecule has 0 spiro atoms. The second kappa shape index (κ2) is 33.4. The molecule has 0 aromatic heterocycles. The minimum atomic E-state index is -0.0655. The third-order valence-corrected chi connectivity index (χ3v) is 8.09. The summed E-state index contributed by atoms with van der Waals surface area (Å²) >= 11 is 0. The van der Waals surface area contributed by atoms with E-state index < -0.39 is 0 Å². The van der Waals surface area contributed by atoms with Crippen molar-refractivity contribution in [3.8, 4) is 0 Å². The third kappa shape index (κ3) is 33.3. The topological polar surface area (TPSA) is 49.3 Å². The normalized spacial score (nSPS) is 12.4. The van der Waals surface area contributed by atoms with Crippen molar-refractivity contribution in [3.05, 3.63) is 12.2 Å². The number of allylic oxidation sites excluding steroid dienone is 2. The summed E-state index contributed by atoms with van der Waals surface area (Å²) in [4.78, 5) is 12.0. The van der Waals surface area contributed by atoms with Gasteiger partial charge in [-0.15, -0.1) is 0 Å². The van der Waals surface area contributed by atoms with E-state index in [-0.39, 0.29) is 12.0 Å². The van der Waals surface area contributed by atoms with Crippen LogP contribution in [0.25, 0.3) is 0 Å². The van der Waals surface area contributed by atoms with Crippen LogP contribution in [0.2, 0.25) is 0 Å². The lowest BCUT2D eigenvalue weighted by atomic mass is 10.0. The molecule has 0 saturated carbocycles. The van der Waals surface area contributed by atoms with Gasteiger partial charge in [-0.2, -0.15) is 0 Å². The highest BCUT2D eigenvalue weighted by atomic mass is 16.3. The van der Waals surface area contributed by atoms with Crippen LogP contribution in [0, 0.1) is 0 Å². The zero-order valence-electron chi connectivity index (χ0n) is 26.8. The van der Waals surface area contributed by atoms with Crippen LogP contribution in [0.5, 0.6) is 0 Å². The van der Waals surface area contributed by atoms with Gasteiger partial charge in [0.15, 0.2) is 0 Å². The number of carbonyl (C=O) groups is 1. The first-order valence-electron chi connectivity index (χ1n) is 17.8. The zero-order valence-corrected chi connectivity index (χ0v) is 26.8. The molecule has 0 saturated heterocycles. The molecule has 0 fully saturated rings. The van der Waals surface area contributed by atoms with Crippen molar-refractivity contribution in [1.29, 1.82) is 0 Å². The third-order valence-electron chi connectivity index (χ3n) is 8.09. The number of hydrogen-bond donors (Lipinski definition) is 2. The molecule has 0 bridgehead atoms. The van der Waals surface area contributed by atoms with Gasteiger partial charge in [-0.25, -0.2) is 0 Å². The van der Waals surface area contributed by atoms with Crippen LogP contribution in [-0.4, -0.2) is 23.7 Å². The van der Waals surface area contributed by atoms with Gasteiger partial charge in [0.25, 0.3) is 0 Å². The summed E-state index contributed by atoms with van der Waals surface area (Å²) in [5.74, 6) is 0.249. The lowest BCUT2D eigenvalue weighted by molar-refractivity contribution is -0.121. The van der Waals surface area contributed by atoms with E-state index in [1.807, 2.05) is 0 Å². The maximum atomic E-state index is 12.0. The Labute approximate surface area is 245 Å². The Balaban J connectivity index is 3.24. The molecule has 1 unspecified atom stereocenters. The minimum Gasteiger partial charge on any atom is -0.393 e. The largest absolute Gasteiger partial charge is 0.393 e. The van der Waals surface area contributed by atoms with E-state index in [4.69, 9.17) is 0 Å². The summed E-state index contributed by atoms with van der Waals surface area (Å²) in [6, 6.07) is 0. The predicted molar refractivity (Wildman–Crippen MR) is 173 cm³/mol. The molecule has 0 rings (SSSR count). The van der Waals surface area contributed by atoms with Crippen LogP contribution in [0.3, 0.4) is 0 Å². The molecule has 1 amide bonds. The van der Waals surface area contributed by atoms with Gasteiger partial charge < -0.3 is 10.4 Å². The average Bonchev–Trinajstić information content (AvgIpc) is 2.93. The summed E-state index contributed by atoms with van der Waals surface area (Å²) in [5.41, 5.74) is 0. The van der Waals surface area contributed by atoms with E-state index in [0.29, 0.717) is 6.42 Å². The lowest BCUT2D eigenvalue weighted by Gasteiger charge is -2.10. The van der Waals surface area contributed by atoms with Crippen molar-refractivity contribution >= 4 is 5.91 Å². The van der Waals surface area contributed by atoms with Gasteiger partial charge in [0.2, 0.25) is 5.91 Å². The fourth-order valence-electron chi connectivity index (χ4n) is 5.37. The molecule has 39 heavy (non-hydrogen) atoms. The molecular weight excluding hydrogens is 478 g/mol. The molecule has 2 N–H and O–H groups in total. The minimum absolute atomic E-state index is 0.0655. The molecule has 0 aliphatic heterocycles. The van der Waals surface area contributed by atoms with E-state index in [9.17, 15) is 9.90 Å². The van der Waals surface area contributed by atoms with Crippen molar-refractivity contribution in [2.24, 2.45) is 0 Å². The average molecular weight is 550 g/mol. The Morgan fingerprint density at radius 3 is 1.44 bits per heavy atom. The van der Waals surface area contributed by atoms with Gasteiger partial charge in [-0.05, 0) is 51.4 Å². The highest BCUT2D eigenvalue weighted by Crippen LogP contribution is 2.14. The Bertz CT molecular complexity index is 504. The molecule has 1 atom stereocenters. The van der Waals surface area contributed by atoms with Crippen LogP contribution >= 0.6 is 0 Å². The zero-order chi connectivity index (χ0) is 28.5. The smallest absolute Gasteiger partial charge is 0.219 e. The SMILES string of the molecule is CCCCCCCCC=CCCCCCCCC(=O)NCCCCCCCCCCCC(O)CCCCCC. The summed E-state index contributed by atoms with van der Waals surface area (Å²) < 4.78 is 0. The maximum Gasteiger partial charge on any atom is 0.219 e. The summed E-state index contributed by atoms with van der Waals surface area (Å²) in [6.45, 7) is 5.36. The van der Waals surface area contributed by atoms with Gasteiger partial charge in [0.05, 0.1) is 6.10 Å². The van der Waals surface area contributed by atoms with E-state index in [0.717, 1.165) is 32.2 Å². The Kier molecular flexibility index (Phi) is 32.7. The van der Waals surface area contributed by atoms with E-state index in [1.165, 1.54) is 154 Å². The highest BCUT2D eigenvalue weighted by molar-refractivity contribution is 5.75. The van der Waals surface area contributed by atoms with Crippen molar-refractivity contribution in [1.82, 2.24) is 5.32 Å². The van der Waals surface area contributed by atoms with Gasteiger partial charge in [0.1, 0.15) is 0 Å². The maximum absolute atomic E-state index is 12.0. The number of carbonyl (C=O) groups excluding carboxylic acids is 1. The molecule has 0 aromatic carbocycles. The molecule has 0 radical (unpaired) electrons.